The van der Waals surface area contributed by atoms with Gasteiger partial charge in [-0.15, -0.1) is 0 Å². The summed E-state index contributed by atoms with van der Waals surface area (Å²) < 4.78 is 21.6. The molecular weight excluding hydrogens is 312 g/mol. The van der Waals surface area contributed by atoms with Crippen LogP contribution in [0.2, 0.25) is 0 Å². The Morgan fingerprint density at radius 2 is 1.67 bits per heavy atom. The van der Waals surface area contributed by atoms with Gasteiger partial charge in [0.2, 0.25) is 0 Å². The second-order valence-electron chi connectivity index (χ2n) is 6.25. The molecule has 1 fully saturated rings. The van der Waals surface area contributed by atoms with Crippen LogP contribution in [0.3, 0.4) is 0 Å². The summed E-state index contributed by atoms with van der Waals surface area (Å²) in [5.41, 5.74) is 0.682. The fourth-order valence-electron chi connectivity index (χ4n) is 2.77. The molecule has 4 atom stereocenters. The SMILES string of the molecule is C=C(C)C(=O)OC(COC)C1CCC(OC)C(OC(=O)C(=C)C)C1. The van der Waals surface area contributed by atoms with Crippen LogP contribution in [0.5, 0.6) is 0 Å². The Morgan fingerprint density at radius 3 is 2.17 bits per heavy atom. The molecule has 1 rings (SSSR count). The molecule has 4 unspecified atom stereocenters. The van der Waals surface area contributed by atoms with E-state index in [1.165, 1.54) is 0 Å². The van der Waals surface area contributed by atoms with E-state index in [9.17, 15) is 9.59 Å². The Kier molecular flexibility index (Phi) is 8.15. The number of carbonyl (C=O) groups is 2. The topological polar surface area (TPSA) is 71.1 Å². The molecule has 0 bridgehead atoms. The summed E-state index contributed by atoms with van der Waals surface area (Å²) in [6.45, 7) is 10.7. The first kappa shape index (κ1) is 20.4. The van der Waals surface area contributed by atoms with Crippen LogP contribution in [-0.4, -0.2) is 51.1 Å². The molecule has 24 heavy (non-hydrogen) atoms. The van der Waals surface area contributed by atoms with Gasteiger partial charge < -0.3 is 18.9 Å². The zero-order chi connectivity index (χ0) is 18.3. The predicted octanol–water partition coefficient (Wildman–Crippen LogP) is 2.42. The van der Waals surface area contributed by atoms with Crippen LogP contribution in [0, 0.1) is 5.92 Å². The molecule has 1 aliphatic rings. The molecule has 0 aromatic rings. The lowest BCUT2D eigenvalue weighted by molar-refractivity contribution is -0.165. The van der Waals surface area contributed by atoms with E-state index in [0.717, 1.165) is 6.42 Å². The number of methoxy groups -OCH3 is 2. The summed E-state index contributed by atoms with van der Waals surface area (Å²) in [7, 11) is 3.15. The van der Waals surface area contributed by atoms with Gasteiger partial charge in [-0.3, -0.25) is 0 Å². The molecule has 1 saturated carbocycles. The molecule has 0 heterocycles. The largest absolute Gasteiger partial charge is 0.456 e. The lowest BCUT2D eigenvalue weighted by Crippen LogP contribution is -2.44. The van der Waals surface area contributed by atoms with E-state index in [4.69, 9.17) is 18.9 Å². The molecule has 0 aromatic carbocycles. The minimum absolute atomic E-state index is 0.0163. The number of ether oxygens (including phenoxy) is 4. The highest BCUT2D eigenvalue weighted by molar-refractivity contribution is 5.87. The fourth-order valence-corrected chi connectivity index (χ4v) is 2.77. The van der Waals surface area contributed by atoms with Gasteiger partial charge in [0.15, 0.2) is 0 Å². The molecule has 0 radical (unpaired) electrons. The third kappa shape index (κ3) is 5.76. The normalized spacial score (nSPS) is 24.8. The monoisotopic (exact) mass is 340 g/mol. The molecule has 0 amide bonds. The van der Waals surface area contributed by atoms with Gasteiger partial charge in [-0.1, -0.05) is 13.2 Å². The standard InChI is InChI=1S/C18H28O6/c1-11(2)17(19)23-15-9-13(7-8-14(15)22-6)16(10-21-5)24-18(20)12(3)4/h13-16H,1,3,7-10H2,2,4-6H3. The molecule has 0 spiro atoms. The van der Waals surface area contributed by atoms with Crippen LogP contribution in [0.25, 0.3) is 0 Å². The van der Waals surface area contributed by atoms with E-state index in [0.29, 0.717) is 24.0 Å². The van der Waals surface area contributed by atoms with E-state index < -0.39 is 24.1 Å². The van der Waals surface area contributed by atoms with Crippen LogP contribution in [0.1, 0.15) is 33.1 Å². The minimum atomic E-state index is -0.443. The van der Waals surface area contributed by atoms with Crippen LogP contribution < -0.4 is 0 Å². The van der Waals surface area contributed by atoms with Gasteiger partial charge in [0.05, 0.1) is 12.7 Å². The Labute approximate surface area is 143 Å². The zero-order valence-corrected chi connectivity index (χ0v) is 15.0. The van der Waals surface area contributed by atoms with Crippen molar-refractivity contribution in [2.75, 3.05) is 20.8 Å². The van der Waals surface area contributed by atoms with Gasteiger partial charge in [-0.05, 0) is 33.1 Å². The first-order chi connectivity index (χ1) is 11.3. The summed E-state index contributed by atoms with van der Waals surface area (Å²) in [5.74, 6) is -0.867. The fraction of sp³-hybridized carbons (Fsp3) is 0.667. The summed E-state index contributed by atoms with van der Waals surface area (Å²) in [5, 5.41) is 0. The van der Waals surface area contributed by atoms with E-state index >= 15 is 0 Å². The van der Waals surface area contributed by atoms with Gasteiger partial charge >= 0.3 is 11.9 Å². The smallest absolute Gasteiger partial charge is 0.333 e. The first-order valence-electron chi connectivity index (χ1n) is 8.04. The number of carbonyl (C=O) groups excluding carboxylic acids is 2. The van der Waals surface area contributed by atoms with Crippen molar-refractivity contribution in [2.45, 2.75) is 51.4 Å². The maximum atomic E-state index is 11.8. The van der Waals surface area contributed by atoms with Crippen molar-refractivity contribution in [3.05, 3.63) is 24.3 Å². The summed E-state index contributed by atoms with van der Waals surface area (Å²) in [4.78, 5) is 23.7. The second-order valence-corrected chi connectivity index (χ2v) is 6.25. The average Bonchev–Trinajstić information content (AvgIpc) is 2.53. The van der Waals surface area contributed by atoms with Crippen molar-refractivity contribution in [3.63, 3.8) is 0 Å². The minimum Gasteiger partial charge on any atom is -0.456 e. The van der Waals surface area contributed by atoms with Crippen LogP contribution in [0.15, 0.2) is 24.3 Å². The zero-order valence-electron chi connectivity index (χ0n) is 15.0. The maximum absolute atomic E-state index is 11.8. The van der Waals surface area contributed by atoms with Gasteiger partial charge in [0.1, 0.15) is 12.2 Å². The first-order valence-corrected chi connectivity index (χ1v) is 8.04. The number of hydrogen-bond donors (Lipinski definition) is 0. The maximum Gasteiger partial charge on any atom is 0.333 e. The average molecular weight is 340 g/mol. The van der Waals surface area contributed by atoms with Crippen molar-refractivity contribution in [1.29, 1.82) is 0 Å². The van der Waals surface area contributed by atoms with Gasteiger partial charge in [-0.2, -0.15) is 0 Å². The predicted molar refractivity (Wildman–Crippen MR) is 89.4 cm³/mol. The highest BCUT2D eigenvalue weighted by atomic mass is 16.6. The van der Waals surface area contributed by atoms with E-state index in [1.807, 2.05) is 0 Å². The molecular formula is C18H28O6. The summed E-state index contributed by atoms with van der Waals surface area (Å²) in [6.07, 6.45) is 1.04. The molecule has 136 valence electrons. The highest BCUT2D eigenvalue weighted by Gasteiger charge is 2.38. The molecule has 0 N–H and O–H groups in total. The molecule has 0 saturated heterocycles. The second kappa shape index (κ2) is 9.59. The van der Waals surface area contributed by atoms with E-state index in [-0.39, 0.29) is 18.6 Å². The highest BCUT2D eigenvalue weighted by Crippen LogP contribution is 2.32. The number of hydrogen-bond acceptors (Lipinski definition) is 6. The molecule has 0 aliphatic heterocycles. The quantitative estimate of drug-likeness (QED) is 0.499. The van der Waals surface area contributed by atoms with Crippen molar-refractivity contribution in [3.8, 4) is 0 Å². The Morgan fingerprint density at radius 1 is 1.04 bits per heavy atom. The lowest BCUT2D eigenvalue weighted by atomic mass is 9.81. The van der Waals surface area contributed by atoms with Crippen molar-refractivity contribution >= 4 is 11.9 Å². The van der Waals surface area contributed by atoms with Crippen molar-refractivity contribution in [1.82, 2.24) is 0 Å². The summed E-state index contributed by atoms with van der Waals surface area (Å²) in [6, 6.07) is 0. The molecule has 1 aliphatic carbocycles. The Hall–Kier alpha value is -1.66. The Bertz CT molecular complexity index is 458. The molecule has 6 nitrogen and oxygen atoms in total. The summed E-state index contributed by atoms with van der Waals surface area (Å²) >= 11 is 0. The Balaban J connectivity index is 2.81. The van der Waals surface area contributed by atoms with Crippen molar-refractivity contribution < 1.29 is 28.5 Å². The van der Waals surface area contributed by atoms with Gasteiger partial charge in [0, 0.05) is 31.3 Å². The van der Waals surface area contributed by atoms with Crippen molar-refractivity contribution in [2.24, 2.45) is 5.92 Å². The van der Waals surface area contributed by atoms with E-state index in [1.54, 1.807) is 28.1 Å². The number of rotatable bonds is 8. The van der Waals surface area contributed by atoms with Crippen LogP contribution >= 0.6 is 0 Å². The van der Waals surface area contributed by atoms with Crippen LogP contribution in [-0.2, 0) is 28.5 Å². The number of esters is 2. The van der Waals surface area contributed by atoms with Gasteiger partial charge in [-0.25, -0.2) is 9.59 Å². The lowest BCUT2D eigenvalue weighted by Gasteiger charge is -2.37. The van der Waals surface area contributed by atoms with E-state index in [2.05, 4.69) is 13.2 Å². The third-order valence-corrected chi connectivity index (χ3v) is 4.14. The van der Waals surface area contributed by atoms with Crippen LogP contribution in [0.4, 0.5) is 0 Å². The van der Waals surface area contributed by atoms with Gasteiger partial charge in [0.25, 0.3) is 0 Å². The molecule has 6 heteroatoms. The third-order valence-electron chi connectivity index (χ3n) is 4.14. The molecule has 0 aromatic heterocycles.